The summed E-state index contributed by atoms with van der Waals surface area (Å²) in [5.41, 5.74) is -0.462. The molecular weight excluding hydrogens is 176 g/mol. The number of carboxylic acids is 1. The largest absolute Gasteiger partial charge is 0.481 e. The molecule has 0 amide bonds. The van der Waals surface area contributed by atoms with Gasteiger partial charge in [0.05, 0.1) is 5.41 Å². The van der Waals surface area contributed by atoms with E-state index in [-0.39, 0.29) is 5.92 Å². The molecule has 0 aromatic rings. The average Bonchev–Trinajstić information content (AvgIpc) is 2.58. The maximum atomic E-state index is 11.5. The van der Waals surface area contributed by atoms with E-state index in [1.165, 1.54) is 12.8 Å². The first-order valence-electron chi connectivity index (χ1n) is 5.79. The lowest BCUT2D eigenvalue weighted by molar-refractivity contribution is -0.156. The van der Waals surface area contributed by atoms with E-state index in [2.05, 4.69) is 13.8 Å². The molecule has 1 atom stereocenters. The minimum absolute atomic E-state index is 0.244. The van der Waals surface area contributed by atoms with Gasteiger partial charge in [-0.2, -0.15) is 0 Å². The average molecular weight is 198 g/mol. The Morgan fingerprint density at radius 2 is 1.93 bits per heavy atom. The number of hydrogen-bond acceptors (Lipinski definition) is 1. The molecule has 0 spiro atoms. The molecule has 0 heterocycles. The van der Waals surface area contributed by atoms with Crippen LogP contribution in [0.15, 0.2) is 0 Å². The topological polar surface area (TPSA) is 37.3 Å². The Labute approximate surface area is 86.7 Å². The predicted octanol–water partition coefficient (Wildman–Crippen LogP) is 3.31. The standard InChI is InChI=1S/C12H22O2/c1-4-12(9(2)3,11(13)14)10-7-5-6-8-10/h9-10H,4-8H2,1-3H3,(H,13,14). The van der Waals surface area contributed by atoms with Crippen LogP contribution in [-0.4, -0.2) is 11.1 Å². The fraction of sp³-hybridized carbons (Fsp3) is 0.917. The van der Waals surface area contributed by atoms with Crippen molar-refractivity contribution in [3.8, 4) is 0 Å². The smallest absolute Gasteiger partial charge is 0.310 e. The Morgan fingerprint density at radius 3 is 2.21 bits per heavy atom. The highest BCUT2D eigenvalue weighted by atomic mass is 16.4. The first-order chi connectivity index (χ1) is 6.55. The lowest BCUT2D eigenvalue weighted by Gasteiger charge is -2.38. The molecule has 1 aliphatic rings. The number of hydrogen-bond donors (Lipinski definition) is 1. The molecule has 82 valence electrons. The van der Waals surface area contributed by atoms with Gasteiger partial charge in [0.25, 0.3) is 0 Å². The SMILES string of the molecule is CCC(C(=O)O)(C(C)C)C1CCCC1. The van der Waals surface area contributed by atoms with Crippen LogP contribution in [0.5, 0.6) is 0 Å². The molecule has 14 heavy (non-hydrogen) atoms. The van der Waals surface area contributed by atoms with Crippen LogP contribution in [0.4, 0.5) is 0 Å². The molecule has 0 aromatic carbocycles. The van der Waals surface area contributed by atoms with Gasteiger partial charge in [0.2, 0.25) is 0 Å². The first-order valence-corrected chi connectivity index (χ1v) is 5.79. The van der Waals surface area contributed by atoms with E-state index >= 15 is 0 Å². The first kappa shape index (κ1) is 11.5. The molecular formula is C12H22O2. The Morgan fingerprint density at radius 1 is 1.43 bits per heavy atom. The normalized spacial score (nSPS) is 22.6. The minimum Gasteiger partial charge on any atom is -0.481 e. The zero-order valence-electron chi connectivity index (χ0n) is 9.55. The third-order valence-electron chi connectivity index (χ3n) is 4.10. The summed E-state index contributed by atoms with van der Waals surface area (Å²) in [7, 11) is 0. The summed E-state index contributed by atoms with van der Waals surface area (Å²) in [6.45, 7) is 6.12. The second kappa shape index (κ2) is 4.33. The van der Waals surface area contributed by atoms with Crippen molar-refractivity contribution in [1.82, 2.24) is 0 Å². The number of carboxylic acid groups (broad SMARTS) is 1. The summed E-state index contributed by atoms with van der Waals surface area (Å²) < 4.78 is 0. The van der Waals surface area contributed by atoms with Crippen LogP contribution in [0.3, 0.4) is 0 Å². The highest BCUT2D eigenvalue weighted by molar-refractivity contribution is 5.75. The van der Waals surface area contributed by atoms with Crippen LogP contribution in [-0.2, 0) is 4.79 Å². The van der Waals surface area contributed by atoms with Crippen molar-refractivity contribution >= 4 is 5.97 Å². The molecule has 0 aliphatic heterocycles. The van der Waals surface area contributed by atoms with E-state index in [1.807, 2.05) is 6.92 Å². The highest BCUT2D eigenvalue weighted by Gasteiger charge is 2.47. The van der Waals surface area contributed by atoms with Gasteiger partial charge in [-0.15, -0.1) is 0 Å². The molecule has 0 bridgehead atoms. The van der Waals surface area contributed by atoms with Crippen molar-refractivity contribution < 1.29 is 9.90 Å². The van der Waals surface area contributed by atoms with Gasteiger partial charge in [-0.25, -0.2) is 0 Å². The van der Waals surface area contributed by atoms with Crippen LogP contribution < -0.4 is 0 Å². The Hall–Kier alpha value is -0.530. The molecule has 2 nitrogen and oxygen atoms in total. The van der Waals surface area contributed by atoms with Gasteiger partial charge >= 0.3 is 5.97 Å². The summed E-state index contributed by atoms with van der Waals surface area (Å²) in [5.74, 6) is 0.0694. The fourth-order valence-corrected chi connectivity index (χ4v) is 3.18. The summed E-state index contributed by atoms with van der Waals surface area (Å²) in [4.78, 5) is 11.5. The molecule has 1 N–H and O–H groups in total. The van der Waals surface area contributed by atoms with Gasteiger partial charge in [-0.3, -0.25) is 4.79 Å². The second-order valence-electron chi connectivity index (χ2n) is 4.84. The van der Waals surface area contributed by atoms with Crippen LogP contribution >= 0.6 is 0 Å². The number of carbonyl (C=O) groups is 1. The Kier molecular flexibility index (Phi) is 3.57. The van der Waals surface area contributed by atoms with Gasteiger partial charge in [-0.1, -0.05) is 33.6 Å². The third-order valence-corrected chi connectivity index (χ3v) is 4.10. The highest BCUT2D eigenvalue weighted by Crippen LogP contribution is 2.47. The van der Waals surface area contributed by atoms with Crippen LogP contribution in [0.25, 0.3) is 0 Å². The van der Waals surface area contributed by atoms with E-state index in [4.69, 9.17) is 0 Å². The molecule has 1 unspecified atom stereocenters. The summed E-state index contributed by atoms with van der Waals surface area (Å²) in [6, 6.07) is 0. The van der Waals surface area contributed by atoms with E-state index in [9.17, 15) is 9.90 Å². The summed E-state index contributed by atoms with van der Waals surface area (Å²) in [5, 5.41) is 9.45. The lowest BCUT2D eigenvalue weighted by atomic mass is 9.65. The van der Waals surface area contributed by atoms with Crippen LogP contribution in [0.1, 0.15) is 52.9 Å². The van der Waals surface area contributed by atoms with Crippen molar-refractivity contribution in [1.29, 1.82) is 0 Å². The van der Waals surface area contributed by atoms with Gasteiger partial charge in [-0.05, 0) is 31.1 Å². The minimum atomic E-state index is -0.582. The van der Waals surface area contributed by atoms with Crippen molar-refractivity contribution in [3.05, 3.63) is 0 Å². The second-order valence-corrected chi connectivity index (χ2v) is 4.84. The quantitative estimate of drug-likeness (QED) is 0.752. The molecule has 0 aromatic heterocycles. The van der Waals surface area contributed by atoms with Gasteiger partial charge in [0.15, 0.2) is 0 Å². The van der Waals surface area contributed by atoms with E-state index in [0.717, 1.165) is 19.3 Å². The van der Waals surface area contributed by atoms with Crippen molar-refractivity contribution in [2.45, 2.75) is 52.9 Å². The monoisotopic (exact) mass is 198 g/mol. The van der Waals surface area contributed by atoms with Crippen LogP contribution in [0, 0.1) is 17.3 Å². The number of rotatable bonds is 4. The predicted molar refractivity (Wildman–Crippen MR) is 57.2 cm³/mol. The van der Waals surface area contributed by atoms with Crippen molar-refractivity contribution in [2.75, 3.05) is 0 Å². The lowest BCUT2D eigenvalue weighted by Crippen LogP contribution is -2.41. The third kappa shape index (κ3) is 1.67. The zero-order valence-corrected chi connectivity index (χ0v) is 9.55. The molecule has 1 fully saturated rings. The maximum absolute atomic E-state index is 11.5. The van der Waals surface area contributed by atoms with Gasteiger partial charge in [0, 0.05) is 0 Å². The molecule has 1 rings (SSSR count). The van der Waals surface area contributed by atoms with Gasteiger partial charge < -0.3 is 5.11 Å². The molecule has 0 radical (unpaired) electrons. The van der Waals surface area contributed by atoms with E-state index in [0.29, 0.717) is 5.92 Å². The van der Waals surface area contributed by atoms with E-state index in [1.54, 1.807) is 0 Å². The van der Waals surface area contributed by atoms with E-state index < -0.39 is 11.4 Å². The molecule has 1 saturated carbocycles. The van der Waals surface area contributed by atoms with Gasteiger partial charge in [0.1, 0.15) is 0 Å². The van der Waals surface area contributed by atoms with Crippen LogP contribution in [0.2, 0.25) is 0 Å². The summed E-state index contributed by atoms with van der Waals surface area (Å²) in [6.07, 6.45) is 5.42. The Bertz CT molecular complexity index is 204. The Balaban J connectivity index is 2.93. The number of aliphatic carboxylic acids is 1. The molecule has 0 saturated heterocycles. The van der Waals surface area contributed by atoms with Crippen molar-refractivity contribution in [3.63, 3.8) is 0 Å². The molecule has 1 aliphatic carbocycles. The van der Waals surface area contributed by atoms with Crippen molar-refractivity contribution in [2.24, 2.45) is 17.3 Å². The molecule has 2 heteroatoms. The maximum Gasteiger partial charge on any atom is 0.310 e. The summed E-state index contributed by atoms with van der Waals surface area (Å²) >= 11 is 0. The zero-order chi connectivity index (χ0) is 10.8. The fourth-order valence-electron chi connectivity index (χ4n) is 3.18.